The van der Waals surface area contributed by atoms with Gasteiger partial charge in [0.05, 0.1) is 26.4 Å². The molecule has 2 N–H and O–H groups in total. The van der Waals surface area contributed by atoms with E-state index >= 15 is 0 Å². The quantitative estimate of drug-likeness (QED) is 0.682. The van der Waals surface area contributed by atoms with Gasteiger partial charge in [-0.2, -0.15) is 4.98 Å². The second-order valence-corrected chi connectivity index (χ2v) is 7.10. The fourth-order valence-corrected chi connectivity index (χ4v) is 3.67. The second-order valence-electron chi connectivity index (χ2n) is 6.67. The molecule has 0 aliphatic carbocycles. The van der Waals surface area contributed by atoms with Gasteiger partial charge in [0.25, 0.3) is 0 Å². The highest BCUT2D eigenvalue weighted by Crippen LogP contribution is 2.31. The van der Waals surface area contributed by atoms with E-state index in [4.69, 9.17) is 21.1 Å². The summed E-state index contributed by atoms with van der Waals surface area (Å²) in [5.74, 6) is 1.32. The summed E-state index contributed by atoms with van der Waals surface area (Å²) >= 11 is 6.37. The van der Waals surface area contributed by atoms with Gasteiger partial charge in [0.2, 0.25) is 0 Å². The summed E-state index contributed by atoms with van der Waals surface area (Å²) in [6.45, 7) is 2.89. The third-order valence-electron chi connectivity index (χ3n) is 4.84. The molecule has 28 heavy (non-hydrogen) atoms. The Bertz CT molecular complexity index is 945. The first-order valence-corrected chi connectivity index (χ1v) is 9.37. The Kier molecular flexibility index (Phi) is 5.47. The van der Waals surface area contributed by atoms with E-state index < -0.39 is 0 Å². The van der Waals surface area contributed by atoms with Gasteiger partial charge in [-0.3, -0.25) is 10.00 Å². The fraction of sp³-hybridized carbons (Fsp3) is 0.300. The van der Waals surface area contributed by atoms with Crippen molar-refractivity contribution in [3.05, 3.63) is 58.6 Å². The monoisotopic (exact) mass is 400 g/mol. The van der Waals surface area contributed by atoms with Crippen molar-refractivity contribution < 1.29 is 14.6 Å². The summed E-state index contributed by atoms with van der Waals surface area (Å²) in [7, 11) is 1.66. The predicted octanol–water partition coefficient (Wildman–Crippen LogP) is 3.41. The molecule has 4 rings (SSSR count). The number of hydrogen-bond acceptors (Lipinski definition) is 6. The Balaban J connectivity index is 1.60. The van der Waals surface area contributed by atoms with Crippen LogP contribution in [0, 0.1) is 0 Å². The molecule has 2 heterocycles. The largest absolute Gasteiger partial charge is 0.497 e. The zero-order valence-corrected chi connectivity index (χ0v) is 16.2. The summed E-state index contributed by atoms with van der Waals surface area (Å²) in [6, 6.07) is 13.6. The smallest absolute Gasteiger partial charge is 0.333 e. The van der Waals surface area contributed by atoms with Gasteiger partial charge in [0.15, 0.2) is 5.82 Å². The van der Waals surface area contributed by atoms with Gasteiger partial charge in [-0.05, 0) is 41.5 Å². The minimum Gasteiger partial charge on any atom is -0.497 e. The van der Waals surface area contributed by atoms with E-state index in [1.54, 1.807) is 13.2 Å². The minimum absolute atomic E-state index is 0.0600. The van der Waals surface area contributed by atoms with Crippen LogP contribution in [0.5, 0.6) is 11.8 Å². The van der Waals surface area contributed by atoms with Crippen molar-refractivity contribution in [2.75, 3.05) is 26.9 Å². The van der Waals surface area contributed by atoms with Crippen LogP contribution in [0.15, 0.2) is 42.5 Å². The highest BCUT2D eigenvalue weighted by atomic mass is 35.5. The van der Waals surface area contributed by atoms with E-state index in [0.717, 1.165) is 30.0 Å². The number of morpholine rings is 1. The van der Waals surface area contributed by atoms with E-state index in [9.17, 15) is 5.11 Å². The van der Waals surface area contributed by atoms with E-state index in [-0.39, 0.29) is 12.1 Å². The molecule has 7 nitrogen and oxygen atoms in total. The minimum atomic E-state index is -0.293. The van der Waals surface area contributed by atoms with Crippen molar-refractivity contribution in [2.24, 2.45) is 0 Å². The summed E-state index contributed by atoms with van der Waals surface area (Å²) in [5.41, 5.74) is 3.01. The lowest BCUT2D eigenvalue weighted by molar-refractivity contribution is -0.0127. The van der Waals surface area contributed by atoms with Gasteiger partial charge >= 0.3 is 6.01 Å². The summed E-state index contributed by atoms with van der Waals surface area (Å²) < 4.78 is 11.0. The Hall–Kier alpha value is -2.61. The van der Waals surface area contributed by atoms with E-state index in [1.807, 2.05) is 24.3 Å². The molecule has 1 aliphatic heterocycles. The van der Waals surface area contributed by atoms with Gasteiger partial charge in [-0.1, -0.05) is 23.7 Å². The normalized spacial score (nSPS) is 17.6. The van der Waals surface area contributed by atoms with Crippen LogP contribution in [0.1, 0.15) is 17.2 Å². The van der Waals surface area contributed by atoms with Gasteiger partial charge in [-0.15, -0.1) is 5.10 Å². The van der Waals surface area contributed by atoms with Crippen LogP contribution in [0.25, 0.3) is 11.4 Å². The zero-order chi connectivity index (χ0) is 19.5. The third-order valence-corrected chi connectivity index (χ3v) is 5.05. The SMILES string of the molecule is COc1ccc(CN2CCOC[C@H]2c2cc(Cl)cc(-c3nc(O)n[nH]3)c2)cc1. The summed E-state index contributed by atoms with van der Waals surface area (Å²) in [6.07, 6.45) is 0. The molecular formula is C20H21ClN4O3. The predicted molar refractivity (Wildman–Crippen MR) is 105 cm³/mol. The molecule has 8 heteroatoms. The average Bonchev–Trinajstić information content (AvgIpc) is 3.15. The number of hydrogen-bond donors (Lipinski definition) is 2. The Morgan fingerprint density at radius 2 is 2.11 bits per heavy atom. The number of aromatic amines is 1. The lowest BCUT2D eigenvalue weighted by atomic mass is 10.0. The van der Waals surface area contributed by atoms with Gasteiger partial charge in [0, 0.05) is 23.7 Å². The lowest BCUT2D eigenvalue weighted by Gasteiger charge is -2.36. The standard InChI is InChI=1S/C20H21ClN4O3/c1-27-17-4-2-13(3-5-17)11-25-6-7-28-12-18(25)14-8-15(10-16(21)9-14)19-22-20(26)24-23-19/h2-5,8-10,18H,6-7,11-12H2,1H3,(H2,22,23,24,26)/t18-/m0/s1. The molecule has 0 saturated carbocycles. The van der Waals surface area contributed by atoms with E-state index in [2.05, 4.69) is 32.2 Å². The van der Waals surface area contributed by atoms with Crippen LogP contribution >= 0.6 is 11.6 Å². The first kappa shape index (κ1) is 18.7. The molecule has 0 spiro atoms. The summed E-state index contributed by atoms with van der Waals surface area (Å²) in [4.78, 5) is 6.36. The molecular weight excluding hydrogens is 380 g/mol. The summed E-state index contributed by atoms with van der Waals surface area (Å²) in [5, 5.41) is 16.4. The molecule has 0 bridgehead atoms. The van der Waals surface area contributed by atoms with Crippen LogP contribution < -0.4 is 4.74 Å². The number of H-pyrrole nitrogens is 1. The van der Waals surface area contributed by atoms with Crippen molar-refractivity contribution in [3.63, 3.8) is 0 Å². The van der Waals surface area contributed by atoms with Gasteiger partial charge in [0.1, 0.15) is 5.75 Å². The van der Waals surface area contributed by atoms with Crippen LogP contribution in [0.4, 0.5) is 0 Å². The molecule has 0 radical (unpaired) electrons. The van der Waals surface area contributed by atoms with Crippen molar-refractivity contribution in [1.29, 1.82) is 0 Å². The molecule has 1 fully saturated rings. The zero-order valence-electron chi connectivity index (χ0n) is 15.4. The number of nitrogens with zero attached hydrogens (tertiary/aromatic N) is 3. The molecule has 3 aromatic rings. The van der Waals surface area contributed by atoms with Gasteiger partial charge < -0.3 is 14.6 Å². The van der Waals surface area contributed by atoms with Crippen molar-refractivity contribution in [2.45, 2.75) is 12.6 Å². The number of nitrogens with one attached hydrogen (secondary N) is 1. The number of aromatic nitrogens is 3. The van der Waals surface area contributed by atoms with Crippen LogP contribution in [-0.2, 0) is 11.3 Å². The van der Waals surface area contributed by atoms with Crippen LogP contribution in [-0.4, -0.2) is 52.1 Å². The van der Waals surface area contributed by atoms with E-state index in [0.29, 0.717) is 24.1 Å². The van der Waals surface area contributed by atoms with Gasteiger partial charge in [-0.25, -0.2) is 0 Å². The van der Waals surface area contributed by atoms with Crippen LogP contribution in [0.2, 0.25) is 5.02 Å². The Labute approximate surface area is 167 Å². The van der Waals surface area contributed by atoms with Crippen LogP contribution in [0.3, 0.4) is 0 Å². The van der Waals surface area contributed by atoms with Crippen molar-refractivity contribution in [1.82, 2.24) is 20.1 Å². The van der Waals surface area contributed by atoms with Crippen molar-refractivity contribution in [3.8, 4) is 23.1 Å². The van der Waals surface area contributed by atoms with Crippen molar-refractivity contribution >= 4 is 11.6 Å². The molecule has 1 saturated heterocycles. The number of rotatable bonds is 5. The number of methoxy groups -OCH3 is 1. The maximum Gasteiger partial charge on any atom is 0.333 e. The topological polar surface area (TPSA) is 83.5 Å². The maximum atomic E-state index is 9.42. The highest BCUT2D eigenvalue weighted by Gasteiger charge is 2.25. The molecule has 0 amide bonds. The Morgan fingerprint density at radius 3 is 2.82 bits per heavy atom. The number of ether oxygens (including phenoxy) is 2. The molecule has 1 atom stereocenters. The highest BCUT2D eigenvalue weighted by molar-refractivity contribution is 6.30. The lowest BCUT2D eigenvalue weighted by Crippen LogP contribution is -2.39. The number of halogens is 1. The number of benzene rings is 2. The van der Waals surface area contributed by atoms with E-state index in [1.165, 1.54) is 5.56 Å². The molecule has 146 valence electrons. The average molecular weight is 401 g/mol. The Morgan fingerprint density at radius 1 is 1.29 bits per heavy atom. The number of aromatic hydroxyl groups is 1. The molecule has 1 aromatic heterocycles. The maximum absolute atomic E-state index is 9.42. The molecule has 0 unspecified atom stereocenters. The molecule has 1 aliphatic rings. The third kappa shape index (κ3) is 4.11. The first-order chi connectivity index (χ1) is 13.6. The fourth-order valence-electron chi connectivity index (χ4n) is 3.42. The first-order valence-electron chi connectivity index (χ1n) is 8.99. The molecule has 2 aromatic carbocycles. The second kappa shape index (κ2) is 8.18.